The summed E-state index contributed by atoms with van der Waals surface area (Å²) in [5, 5.41) is 15.8. The van der Waals surface area contributed by atoms with Crippen molar-refractivity contribution in [1.82, 2.24) is 24.5 Å². The molecule has 0 fully saturated rings. The molecule has 0 amide bonds. The van der Waals surface area contributed by atoms with E-state index >= 15 is 0 Å². The first kappa shape index (κ1) is 9.31. The Bertz CT molecular complexity index is 584. The number of aliphatic carboxylic acids is 1. The van der Waals surface area contributed by atoms with Crippen LogP contribution in [0.1, 0.15) is 0 Å². The molecule has 1 N–H and O–H groups in total. The van der Waals surface area contributed by atoms with Crippen molar-refractivity contribution in [2.45, 2.75) is 6.54 Å². The Morgan fingerprint density at radius 1 is 1.60 bits per heavy atom. The van der Waals surface area contributed by atoms with Gasteiger partial charge in [0.05, 0.1) is 0 Å². The number of rotatable bonds is 2. The molecule has 2 aromatic heterocycles. The lowest BCUT2D eigenvalue weighted by atomic mass is 10.5. The number of aromatic nitrogens is 5. The van der Waals surface area contributed by atoms with E-state index in [0.29, 0.717) is 5.65 Å². The fourth-order valence-electron chi connectivity index (χ4n) is 1.21. The van der Waals surface area contributed by atoms with Crippen molar-refractivity contribution in [1.29, 1.82) is 0 Å². The van der Waals surface area contributed by atoms with E-state index in [2.05, 4.69) is 15.3 Å². The highest BCUT2D eigenvalue weighted by molar-refractivity contribution is 5.69. The van der Waals surface area contributed by atoms with Gasteiger partial charge in [0.15, 0.2) is 11.2 Å². The predicted octanol–water partition coefficient (Wildman–Crippen LogP) is -1.39. The van der Waals surface area contributed by atoms with Gasteiger partial charge in [0.2, 0.25) is 0 Å². The highest BCUT2D eigenvalue weighted by Crippen LogP contribution is 1.98. The highest BCUT2D eigenvalue weighted by Gasteiger charge is 2.10. The molecule has 0 aromatic carbocycles. The van der Waals surface area contributed by atoms with Crippen LogP contribution >= 0.6 is 0 Å². The fourth-order valence-corrected chi connectivity index (χ4v) is 1.21. The van der Waals surface area contributed by atoms with E-state index in [9.17, 15) is 9.59 Å². The average molecular weight is 209 g/mol. The lowest BCUT2D eigenvalue weighted by Crippen LogP contribution is -2.24. The topological polar surface area (TPSA) is 103 Å². The normalized spacial score (nSPS) is 10.7. The summed E-state index contributed by atoms with van der Waals surface area (Å²) in [5.41, 5.74) is -0.0987. The molecule has 8 heteroatoms. The Hall–Kier alpha value is -2.25. The third-order valence-electron chi connectivity index (χ3n) is 1.89. The molecule has 8 nitrogen and oxygen atoms in total. The first-order valence-electron chi connectivity index (χ1n) is 4.06. The summed E-state index contributed by atoms with van der Waals surface area (Å²) in [7, 11) is 1.60. The number of carbonyl (C=O) groups is 1. The van der Waals surface area contributed by atoms with E-state index in [4.69, 9.17) is 5.11 Å². The van der Waals surface area contributed by atoms with E-state index in [1.165, 1.54) is 11.0 Å². The van der Waals surface area contributed by atoms with Crippen molar-refractivity contribution in [3.8, 4) is 0 Å². The van der Waals surface area contributed by atoms with Crippen LogP contribution in [0.4, 0.5) is 0 Å². The number of carboxylic acid groups (broad SMARTS) is 1. The number of hydrogen-bond donors (Lipinski definition) is 1. The summed E-state index contributed by atoms with van der Waals surface area (Å²) in [4.78, 5) is 25.9. The predicted molar refractivity (Wildman–Crippen MR) is 48.2 cm³/mol. The van der Waals surface area contributed by atoms with Gasteiger partial charge in [-0.15, -0.1) is 5.10 Å². The van der Waals surface area contributed by atoms with E-state index in [-0.39, 0.29) is 5.52 Å². The van der Waals surface area contributed by atoms with Gasteiger partial charge in [0.1, 0.15) is 12.9 Å². The summed E-state index contributed by atoms with van der Waals surface area (Å²) < 4.78 is 2.32. The zero-order chi connectivity index (χ0) is 11.0. The van der Waals surface area contributed by atoms with Gasteiger partial charge in [-0.25, -0.2) is 9.67 Å². The van der Waals surface area contributed by atoms with Crippen LogP contribution in [-0.2, 0) is 18.4 Å². The number of fused-ring (bicyclic) bond motifs is 1. The van der Waals surface area contributed by atoms with E-state index in [0.717, 1.165) is 4.57 Å². The third-order valence-corrected chi connectivity index (χ3v) is 1.89. The minimum atomic E-state index is -1.11. The van der Waals surface area contributed by atoms with Crippen molar-refractivity contribution < 1.29 is 9.90 Å². The van der Waals surface area contributed by atoms with Crippen molar-refractivity contribution in [3.63, 3.8) is 0 Å². The monoisotopic (exact) mass is 209 g/mol. The van der Waals surface area contributed by atoms with Gasteiger partial charge in [-0.2, -0.15) is 0 Å². The van der Waals surface area contributed by atoms with Crippen molar-refractivity contribution >= 4 is 17.1 Å². The molecule has 0 atom stereocenters. The van der Waals surface area contributed by atoms with Gasteiger partial charge in [-0.05, 0) is 0 Å². The maximum absolute atomic E-state index is 11.6. The number of aryl methyl sites for hydroxylation is 1. The van der Waals surface area contributed by atoms with Gasteiger partial charge < -0.3 is 5.11 Å². The first-order chi connectivity index (χ1) is 7.09. The van der Waals surface area contributed by atoms with E-state index in [1.54, 1.807) is 7.05 Å². The summed E-state index contributed by atoms with van der Waals surface area (Å²) in [6, 6.07) is 0. The first-order valence-corrected chi connectivity index (χ1v) is 4.06. The van der Waals surface area contributed by atoms with Gasteiger partial charge in [-0.1, -0.05) is 5.21 Å². The van der Waals surface area contributed by atoms with Gasteiger partial charge >= 0.3 is 5.97 Å². The number of nitrogens with zero attached hydrogens (tertiary/aromatic N) is 5. The summed E-state index contributed by atoms with van der Waals surface area (Å²) in [6.07, 6.45) is 1.17. The Morgan fingerprint density at radius 2 is 2.33 bits per heavy atom. The van der Waals surface area contributed by atoms with Crippen LogP contribution in [-0.4, -0.2) is 35.6 Å². The lowest BCUT2D eigenvalue weighted by Gasteiger charge is -1.99. The van der Waals surface area contributed by atoms with Crippen LogP contribution < -0.4 is 5.56 Å². The Morgan fingerprint density at radius 3 is 3.00 bits per heavy atom. The molecule has 2 rings (SSSR count). The van der Waals surface area contributed by atoms with Crippen LogP contribution in [0, 0.1) is 0 Å². The van der Waals surface area contributed by atoms with Crippen molar-refractivity contribution in [2.75, 3.05) is 0 Å². The Labute approximate surface area is 82.8 Å². The largest absolute Gasteiger partial charge is 0.480 e. The second-order valence-electron chi connectivity index (χ2n) is 2.96. The molecule has 15 heavy (non-hydrogen) atoms. The van der Waals surface area contributed by atoms with Gasteiger partial charge in [0.25, 0.3) is 5.56 Å². The molecule has 0 radical (unpaired) electrons. The second kappa shape index (κ2) is 3.15. The molecule has 0 aliphatic rings. The Kier molecular flexibility index (Phi) is 1.96. The van der Waals surface area contributed by atoms with Crippen LogP contribution in [0.5, 0.6) is 0 Å². The number of carboxylic acids is 1. The molecule has 0 saturated heterocycles. The lowest BCUT2D eigenvalue weighted by molar-refractivity contribution is -0.137. The quantitative estimate of drug-likeness (QED) is 0.653. The maximum Gasteiger partial charge on any atom is 0.323 e. The SMILES string of the molecule is Cn1nnc2c(=O)n(CC(=O)O)cnc21. The second-order valence-corrected chi connectivity index (χ2v) is 2.96. The third kappa shape index (κ3) is 1.45. The molecule has 2 aromatic rings. The highest BCUT2D eigenvalue weighted by atomic mass is 16.4. The minimum Gasteiger partial charge on any atom is -0.480 e. The molecular weight excluding hydrogens is 202 g/mol. The average Bonchev–Trinajstić information content (AvgIpc) is 2.53. The molecule has 0 bridgehead atoms. The fraction of sp³-hybridized carbons (Fsp3) is 0.286. The molecule has 0 saturated carbocycles. The smallest absolute Gasteiger partial charge is 0.323 e. The zero-order valence-electron chi connectivity index (χ0n) is 7.78. The van der Waals surface area contributed by atoms with Crippen LogP contribution in [0.2, 0.25) is 0 Å². The molecule has 2 heterocycles. The molecule has 0 spiro atoms. The molecule has 78 valence electrons. The molecule has 0 aliphatic carbocycles. The standard InChI is InChI=1S/C7H7N5O3/c1-11-6-5(9-10-11)7(15)12(3-8-6)2-4(13)14/h3H,2H2,1H3,(H,13,14). The van der Waals surface area contributed by atoms with Crippen molar-refractivity contribution in [3.05, 3.63) is 16.7 Å². The van der Waals surface area contributed by atoms with Gasteiger partial charge in [0, 0.05) is 7.05 Å². The minimum absolute atomic E-state index is 0.0706. The zero-order valence-corrected chi connectivity index (χ0v) is 7.78. The molecular formula is C7H7N5O3. The summed E-state index contributed by atoms with van der Waals surface area (Å²) in [5.74, 6) is -1.11. The van der Waals surface area contributed by atoms with Crippen LogP contribution in [0.3, 0.4) is 0 Å². The van der Waals surface area contributed by atoms with Crippen molar-refractivity contribution in [2.24, 2.45) is 7.05 Å². The van der Waals surface area contributed by atoms with E-state index in [1.807, 2.05) is 0 Å². The molecule has 0 aliphatic heterocycles. The Balaban J connectivity index is 2.66. The van der Waals surface area contributed by atoms with Gasteiger partial charge in [-0.3, -0.25) is 14.2 Å². The molecule has 0 unspecified atom stereocenters. The van der Waals surface area contributed by atoms with Crippen LogP contribution in [0.25, 0.3) is 11.2 Å². The van der Waals surface area contributed by atoms with E-state index < -0.39 is 18.1 Å². The maximum atomic E-state index is 11.6. The number of hydrogen-bond acceptors (Lipinski definition) is 5. The van der Waals surface area contributed by atoms with Crippen LogP contribution in [0.15, 0.2) is 11.1 Å². The summed E-state index contributed by atoms with van der Waals surface area (Å²) in [6.45, 7) is -0.432. The summed E-state index contributed by atoms with van der Waals surface area (Å²) >= 11 is 0.